The molecule has 0 saturated carbocycles. The summed E-state index contributed by atoms with van der Waals surface area (Å²) in [5, 5.41) is 13.1. The molecule has 1 amide bonds. The summed E-state index contributed by atoms with van der Waals surface area (Å²) < 4.78 is 4.85. The van der Waals surface area contributed by atoms with Crippen LogP contribution in [-0.4, -0.2) is 37.4 Å². The van der Waals surface area contributed by atoms with E-state index in [0.717, 1.165) is 5.56 Å². The monoisotopic (exact) mass is 313 g/mol. The third-order valence-electron chi connectivity index (χ3n) is 3.29. The second-order valence-electron chi connectivity index (χ2n) is 5.47. The summed E-state index contributed by atoms with van der Waals surface area (Å²) in [5.74, 6) is -0.132. The van der Waals surface area contributed by atoms with Gasteiger partial charge in [0, 0.05) is 18.7 Å². The molecule has 1 rings (SSSR count). The highest BCUT2D eigenvalue weighted by atomic mass is 35.5. The smallest absolute Gasteiger partial charge is 0.227 e. The number of carbonyl (C=O) groups is 1. The number of carbonyl (C=O) groups excluding carboxylic acids is 1. The van der Waals surface area contributed by atoms with Crippen molar-refractivity contribution in [2.45, 2.75) is 32.3 Å². The molecule has 0 aliphatic heterocycles. The van der Waals surface area contributed by atoms with E-state index < -0.39 is 6.10 Å². The molecule has 2 unspecified atom stereocenters. The highest BCUT2D eigenvalue weighted by molar-refractivity contribution is 6.30. The first-order chi connectivity index (χ1) is 9.95. The fraction of sp³-hybridized carbons (Fsp3) is 0.562. The van der Waals surface area contributed by atoms with Crippen LogP contribution < -0.4 is 5.32 Å². The van der Waals surface area contributed by atoms with E-state index >= 15 is 0 Å². The molecule has 0 aromatic heterocycles. The summed E-state index contributed by atoms with van der Waals surface area (Å²) in [6, 6.07) is 7.38. The van der Waals surface area contributed by atoms with Crippen molar-refractivity contribution in [2.75, 3.05) is 20.3 Å². The number of hydrogen-bond donors (Lipinski definition) is 2. The van der Waals surface area contributed by atoms with E-state index in [1.165, 1.54) is 7.11 Å². The third-order valence-corrected chi connectivity index (χ3v) is 3.53. The van der Waals surface area contributed by atoms with Crippen LogP contribution in [-0.2, 0) is 9.53 Å². The Kier molecular flexibility index (Phi) is 7.72. The van der Waals surface area contributed by atoms with Gasteiger partial charge in [-0.15, -0.1) is 0 Å². The topological polar surface area (TPSA) is 58.6 Å². The van der Waals surface area contributed by atoms with E-state index in [-0.39, 0.29) is 24.3 Å². The van der Waals surface area contributed by atoms with Gasteiger partial charge in [0.2, 0.25) is 5.91 Å². The van der Waals surface area contributed by atoms with Gasteiger partial charge in [0.1, 0.15) is 0 Å². The number of hydrogen-bond acceptors (Lipinski definition) is 3. The van der Waals surface area contributed by atoms with Crippen LogP contribution in [0.15, 0.2) is 24.3 Å². The number of aliphatic hydroxyl groups is 1. The Balaban J connectivity index is 2.63. The fourth-order valence-corrected chi connectivity index (χ4v) is 2.49. The van der Waals surface area contributed by atoms with Crippen molar-refractivity contribution in [2.24, 2.45) is 5.92 Å². The summed E-state index contributed by atoms with van der Waals surface area (Å²) in [6.07, 6.45) is -0.0843. The molecule has 0 spiro atoms. The Morgan fingerprint density at radius 2 is 2.14 bits per heavy atom. The van der Waals surface area contributed by atoms with Gasteiger partial charge in [-0.05, 0) is 30.0 Å². The lowest BCUT2D eigenvalue weighted by molar-refractivity contribution is -0.123. The summed E-state index contributed by atoms with van der Waals surface area (Å²) in [6.45, 7) is 4.71. The van der Waals surface area contributed by atoms with Crippen LogP contribution in [0, 0.1) is 5.92 Å². The minimum Gasteiger partial charge on any atom is -0.391 e. The van der Waals surface area contributed by atoms with Crippen molar-refractivity contribution in [3.8, 4) is 0 Å². The summed E-state index contributed by atoms with van der Waals surface area (Å²) in [5.41, 5.74) is 0.910. The van der Waals surface area contributed by atoms with Gasteiger partial charge in [0.05, 0.1) is 18.6 Å². The van der Waals surface area contributed by atoms with E-state index in [1.54, 1.807) is 6.07 Å². The maximum Gasteiger partial charge on any atom is 0.227 e. The van der Waals surface area contributed by atoms with E-state index in [9.17, 15) is 9.90 Å². The number of aliphatic hydroxyl groups excluding tert-OH is 1. The van der Waals surface area contributed by atoms with E-state index in [2.05, 4.69) is 5.32 Å². The average molecular weight is 314 g/mol. The second-order valence-corrected chi connectivity index (χ2v) is 5.90. The number of methoxy groups -OCH3 is 1. The number of amides is 1. The molecule has 118 valence electrons. The van der Waals surface area contributed by atoms with E-state index in [4.69, 9.17) is 16.3 Å². The molecule has 1 aromatic rings. The molecule has 0 radical (unpaired) electrons. The molecule has 0 aliphatic rings. The van der Waals surface area contributed by atoms with E-state index in [0.29, 0.717) is 18.0 Å². The van der Waals surface area contributed by atoms with Gasteiger partial charge in [0.25, 0.3) is 0 Å². The largest absolute Gasteiger partial charge is 0.391 e. The van der Waals surface area contributed by atoms with E-state index in [1.807, 2.05) is 32.0 Å². The first kappa shape index (κ1) is 18.0. The second kappa shape index (κ2) is 9.03. The van der Waals surface area contributed by atoms with Gasteiger partial charge in [-0.3, -0.25) is 4.79 Å². The molecule has 4 nitrogen and oxygen atoms in total. The first-order valence-corrected chi connectivity index (χ1v) is 7.53. The van der Waals surface area contributed by atoms with Gasteiger partial charge in [-0.2, -0.15) is 0 Å². The Hall–Kier alpha value is -1.10. The fourth-order valence-electron chi connectivity index (χ4n) is 2.29. The molecule has 0 aliphatic carbocycles. The highest BCUT2D eigenvalue weighted by Crippen LogP contribution is 2.26. The molecule has 1 aromatic carbocycles. The number of nitrogens with one attached hydrogen (secondary N) is 1. The average Bonchev–Trinajstić information content (AvgIpc) is 2.38. The lowest BCUT2D eigenvalue weighted by atomic mass is 9.87. The summed E-state index contributed by atoms with van der Waals surface area (Å²) in [4.78, 5) is 12.4. The maximum absolute atomic E-state index is 12.4. The molecule has 2 atom stereocenters. The van der Waals surface area contributed by atoms with Crippen molar-refractivity contribution < 1.29 is 14.6 Å². The van der Waals surface area contributed by atoms with Crippen LogP contribution in [0.5, 0.6) is 0 Å². The van der Waals surface area contributed by atoms with Crippen molar-refractivity contribution in [1.82, 2.24) is 5.32 Å². The van der Waals surface area contributed by atoms with Crippen LogP contribution in [0.25, 0.3) is 0 Å². The third kappa shape index (κ3) is 6.04. The van der Waals surface area contributed by atoms with Crippen molar-refractivity contribution >= 4 is 17.5 Å². The quantitative estimate of drug-likeness (QED) is 0.775. The predicted octanol–water partition coefficient (Wildman–Crippen LogP) is 2.59. The van der Waals surface area contributed by atoms with Crippen LogP contribution >= 0.6 is 11.6 Å². The van der Waals surface area contributed by atoms with Crippen molar-refractivity contribution in [3.05, 3.63) is 34.9 Å². The lowest BCUT2D eigenvalue weighted by Gasteiger charge is -2.21. The highest BCUT2D eigenvalue weighted by Gasteiger charge is 2.24. The van der Waals surface area contributed by atoms with Crippen LogP contribution in [0.1, 0.15) is 31.7 Å². The summed E-state index contributed by atoms with van der Waals surface area (Å²) >= 11 is 6.00. The zero-order chi connectivity index (χ0) is 15.8. The van der Waals surface area contributed by atoms with Crippen LogP contribution in [0.4, 0.5) is 0 Å². The minimum atomic E-state index is -0.557. The minimum absolute atomic E-state index is 0.0446. The molecular formula is C16H24ClNO3. The zero-order valence-electron chi connectivity index (χ0n) is 12.8. The number of benzene rings is 1. The lowest BCUT2D eigenvalue weighted by Crippen LogP contribution is -2.34. The SMILES string of the molecule is COCC(O)CCNC(=O)C(c1cccc(Cl)c1)C(C)C. The van der Waals surface area contributed by atoms with Crippen LogP contribution in [0.3, 0.4) is 0 Å². The Morgan fingerprint density at radius 3 is 2.71 bits per heavy atom. The maximum atomic E-state index is 12.4. The Bertz CT molecular complexity index is 451. The predicted molar refractivity (Wildman–Crippen MR) is 84.5 cm³/mol. The van der Waals surface area contributed by atoms with Crippen molar-refractivity contribution in [3.63, 3.8) is 0 Å². The van der Waals surface area contributed by atoms with Gasteiger partial charge >= 0.3 is 0 Å². The first-order valence-electron chi connectivity index (χ1n) is 7.16. The normalized spacial score (nSPS) is 14.0. The molecule has 0 saturated heterocycles. The zero-order valence-corrected chi connectivity index (χ0v) is 13.6. The van der Waals surface area contributed by atoms with Gasteiger partial charge in [-0.1, -0.05) is 37.6 Å². The number of ether oxygens (including phenoxy) is 1. The Morgan fingerprint density at radius 1 is 1.43 bits per heavy atom. The summed E-state index contributed by atoms with van der Waals surface area (Å²) in [7, 11) is 1.54. The molecular weight excluding hydrogens is 290 g/mol. The molecule has 5 heteroatoms. The van der Waals surface area contributed by atoms with Crippen molar-refractivity contribution in [1.29, 1.82) is 0 Å². The van der Waals surface area contributed by atoms with Gasteiger partial charge < -0.3 is 15.2 Å². The number of halogens is 1. The number of rotatable bonds is 8. The molecule has 0 heterocycles. The molecule has 21 heavy (non-hydrogen) atoms. The molecule has 0 bridgehead atoms. The van der Waals surface area contributed by atoms with Gasteiger partial charge in [0.15, 0.2) is 0 Å². The standard InChI is InChI=1S/C16H24ClNO3/c1-11(2)15(12-5-4-6-13(17)9-12)16(20)18-8-7-14(19)10-21-3/h4-6,9,11,14-15,19H,7-8,10H2,1-3H3,(H,18,20). The van der Waals surface area contributed by atoms with Crippen LogP contribution in [0.2, 0.25) is 5.02 Å². The van der Waals surface area contributed by atoms with Gasteiger partial charge in [-0.25, -0.2) is 0 Å². The Labute approximate surface area is 131 Å². The molecule has 2 N–H and O–H groups in total. The molecule has 0 fully saturated rings.